The zero-order valence-electron chi connectivity index (χ0n) is 13.5. The molecule has 2 aromatic rings. The van der Waals surface area contributed by atoms with E-state index in [0.29, 0.717) is 11.2 Å². The molecule has 2 N–H and O–H groups in total. The molecule has 4 heteroatoms. The van der Waals surface area contributed by atoms with Crippen molar-refractivity contribution < 1.29 is 0 Å². The van der Waals surface area contributed by atoms with Crippen LogP contribution in [0, 0.1) is 0 Å². The van der Waals surface area contributed by atoms with Crippen LogP contribution in [0.2, 0.25) is 0 Å². The number of nitrogens with one attached hydrogen (secondary N) is 2. The molecule has 0 unspecified atom stereocenters. The molecule has 0 aromatic heterocycles. The summed E-state index contributed by atoms with van der Waals surface area (Å²) in [6, 6.07) is 15.2. The third-order valence-electron chi connectivity index (χ3n) is 4.43. The Hall–Kier alpha value is -1.94. The van der Waals surface area contributed by atoms with Gasteiger partial charge in [0.2, 0.25) is 0 Å². The maximum atomic E-state index is 5.35. The van der Waals surface area contributed by atoms with Crippen LogP contribution in [0.3, 0.4) is 0 Å². The first kappa shape index (κ1) is 15.9. The van der Waals surface area contributed by atoms with Crippen LogP contribution in [0.5, 0.6) is 0 Å². The van der Waals surface area contributed by atoms with Gasteiger partial charge in [-0.25, -0.2) is 0 Å². The van der Waals surface area contributed by atoms with Gasteiger partial charge >= 0.3 is 0 Å². The number of thiocarbonyl (C=S) groups is 1. The fourth-order valence-electron chi connectivity index (χ4n) is 3.08. The van der Waals surface area contributed by atoms with E-state index in [1.165, 1.54) is 42.9 Å². The van der Waals surface area contributed by atoms with Gasteiger partial charge in [-0.1, -0.05) is 55.7 Å². The lowest BCUT2D eigenvalue weighted by Gasteiger charge is -2.23. The molecule has 0 amide bonds. The second-order valence-electron chi connectivity index (χ2n) is 6.18. The molecular weight excluding hydrogens is 302 g/mol. The fraction of sp³-hybridized carbons (Fsp3) is 0.368. The molecule has 0 spiro atoms. The molecule has 23 heavy (non-hydrogen) atoms. The molecule has 120 valence electrons. The predicted molar refractivity (Wildman–Crippen MR) is 102 cm³/mol. The molecule has 0 bridgehead atoms. The second-order valence-corrected chi connectivity index (χ2v) is 6.59. The molecule has 3 nitrogen and oxygen atoms in total. The third kappa shape index (κ3) is 4.29. The highest BCUT2D eigenvalue weighted by molar-refractivity contribution is 7.80. The van der Waals surface area contributed by atoms with Crippen LogP contribution in [0.4, 0.5) is 0 Å². The van der Waals surface area contributed by atoms with Crippen molar-refractivity contribution in [1.29, 1.82) is 0 Å². The highest BCUT2D eigenvalue weighted by atomic mass is 32.1. The van der Waals surface area contributed by atoms with E-state index in [2.05, 4.69) is 58.3 Å². The van der Waals surface area contributed by atoms with Gasteiger partial charge in [-0.3, -0.25) is 5.43 Å². The van der Waals surface area contributed by atoms with Crippen LogP contribution in [0.25, 0.3) is 10.8 Å². The van der Waals surface area contributed by atoms with Crippen LogP contribution in [-0.4, -0.2) is 16.9 Å². The average Bonchev–Trinajstić information content (AvgIpc) is 2.60. The predicted octanol–water partition coefficient (Wildman–Crippen LogP) is 4.36. The maximum Gasteiger partial charge on any atom is 0.187 e. The first-order chi connectivity index (χ1) is 11.2. The molecule has 0 radical (unpaired) electrons. The van der Waals surface area contributed by atoms with Crippen molar-refractivity contribution in [3.05, 3.63) is 48.0 Å². The Bertz CT molecular complexity index is 717. The SMILES string of the molecule is C/C(=N\NC(=S)NC1CCCCC1)c1ccc2ccccc2c1. The largest absolute Gasteiger partial charge is 0.359 e. The highest BCUT2D eigenvalue weighted by Gasteiger charge is 2.13. The number of rotatable bonds is 3. The Morgan fingerprint density at radius 3 is 2.57 bits per heavy atom. The summed E-state index contributed by atoms with van der Waals surface area (Å²) in [6.45, 7) is 2.00. The molecule has 0 heterocycles. The Morgan fingerprint density at radius 1 is 1.04 bits per heavy atom. The van der Waals surface area contributed by atoms with Gasteiger partial charge in [0.05, 0.1) is 5.71 Å². The van der Waals surface area contributed by atoms with E-state index in [4.69, 9.17) is 12.2 Å². The molecule has 0 aliphatic heterocycles. The minimum absolute atomic E-state index is 0.500. The monoisotopic (exact) mass is 325 g/mol. The van der Waals surface area contributed by atoms with Crippen LogP contribution in [-0.2, 0) is 0 Å². The first-order valence-corrected chi connectivity index (χ1v) is 8.73. The lowest BCUT2D eigenvalue weighted by atomic mass is 9.96. The van der Waals surface area contributed by atoms with Crippen molar-refractivity contribution in [2.24, 2.45) is 5.10 Å². The zero-order valence-corrected chi connectivity index (χ0v) is 14.3. The molecule has 1 fully saturated rings. The van der Waals surface area contributed by atoms with Gasteiger partial charge in [0, 0.05) is 6.04 Å². The van der Waals surface area contributed by atoms with Gasteiger partial charge in [0.25, 0.3) is 0 Å². The molecule has 0 atom stereocenters. The van der Waals surface area contributed by atoms with E-state index < -0.39 is 0 Å². The van der Waals surface area contributed by atoms with E-state index in [1.807, 2.05) is 6.92 Å². The van der Waals surface area contributed by atoms with E-state index in [0.717, 1.165) is 11.3 Å². The lowest BCUT2D eigenvalue weighted by Crippen LogP contribution is -2.41. The van der Waals surface area contributed by atoms with Crippen molar-refractivity contribution in [3.8, 4) is 0 Å². The minimum Gasteiger partial charge on any atom is -0.359 e. The van der Waals surface area contributed by atoms with Crippen LogP contribution >= 0.6 is 12.2 Å². The molecule has 1 saturated carbocycles. The Labute approximate surface area is 143 Å². The summed E-state index contributed by atoms with van der Waals surface area (Å²) in [5.74, 6) is 0. The minimum atomic E-state index is 0.500. The molecule has 3 rings (SSSR count). The fourth-order valence-corrected chi connectivity index (χ4v) is 3.29. The quantitative estimate of drug-likeness (QED) is 0.500. The maximum absolute atomic E-state index is 5.35. The van der Waals surface area contributed by atoms with Gasteiger partial charge in [0.1, 0.15) is 0 Å². The smallest absolute Gasteiger partial charge is 0.187 e. The van der Waals surface area contributed by atoms with Crippen molar-refractivity contribution in [1.82, 2.24) is 10.7 Å². The number of hydrazone groups is 1. The second kappa shape index (κ2) is 7.55. The van der Waals surface area contributed by atoms with Gasteiger partial charge in [0.15, 0.2) is 5.11 Å². The summed E-state index contributed by atoms with van der Waals surface area (Å²) < 4.78 is 0. The summed E-state index contributed by atoms with van der Waals surface area (Å²) in [7, 11) is 0. The van der Waals surface area contributed by atoms with Gasteiger partial charge in [-0.05, 0) is 54.4 Å². The van der Waals surface area contributed by atoms with Crippen molar-refractivity contribution in [2.45, 2.75) is 45.1 Å². The van der Waals surface area contributed by atoms with E-state index in [1.54, 1.807) is 0 Å². The molecule has 1 aliphatic carbocycles. The third-order valence-corrected chi connectivity index (χ3v) is 4.64. The number of benzene rings is 2. The van der Waals surface area contributed by atoms with Crippen LogP contribution in [0.15, 0.2) is 47.6 Å². The average molecular weight is 325 g/mol. The summed E-state index contributed by atoms with van der Waals surface area (Å²) >= 11 is 5.35. The van der Waals surface area contributed by atoms with Crippen LogP contribution in [0.1, 0.15) is 44.6 Å². The Kier molecular flexibility index (Phi) is 5.23. The first-order valence-electron chi connectivity index (χ1n) is 8.32. The zero-order chi connectivity index (χ0) is 16.1. The number of fused-ring (bicyclic) bond motifs is 1. The van der Waals surface area contributed by atoms with E-state index in [-0.39, 0.29) is 0 Å². The number of hydrogen-bond donors (Lipinski definition) is 2. The highest BCUT2D eigenvalue weighted by Crippen LogP contribution is 2.17. The lowest BCUT2D eigenvalue weighted by molar-refractivity contribution is 0.412. The van der Waals surface area contributed by atoms with Gasteiger partial charge in [-0.2, -0.15) is 5.10 Å². The van der Waals surface area contributed by atoms with Gasteiger partial charge < -0.3 is 5.32 Å². The number of hydrogen-bond acceptors (Lipinski definition) is 2. The molecule has 0 saturated heterocycles. The normalized spacial score (nSPS) is 16.3. The molecular formula is C19H23N3S. The van der Waals surface area contributed by atoms with E-state index in [9.17, 15) is 0 Å². The standard InChI is InChI=1S/C19H23N3S/c1-14(16-12-11-15-7-5-6-8-17(15)13-16)21-22-19(23)20-18-9-3-2-4-10-18/h5-8,11-13,18H,2-4,9-10H2,1H3,(H2,20,22,23)/b21-14+. The van der Waals surface area contributed by atoms with Crippen LogP contribution < -0.4 is 10.7 Å². The Balaban J connectivity index is 1.62. The topological polar surface area (TPSA) is 36.4 Å². The summed E-state index contributed by atoms with van der Waals surface area (Å²) in [5, 5.41) is 10.9. The van der Waals surface area contributed by atoms with Crippen molar-refractivity contribution >= 4 is 33.8 Å². The van der Waals surface area contributed by atoms with Crippen molar-refractivity contribution in [2.75, 3.05) is 0 Å². The molecule has 1 aliphatic rings. The summed E-state index contributed by atoms with van der Waals surface area (Å²) in [5.41, 5.74) is 5.03. The Morgan fingerprint density at radius 2 is 1.78 bits per heavy atom. The molecule has 2 aromatic carbocycles. The summed E-state index contributed by atoms with van der Waals surface area (Å²) in [6.07, 6.45) is 6.33. The van der Waals surface area contributed by atoms with Crippen molar-refractivity contribution in [3.63, 3.8) is 0 Å². The van der Waals surface area contributed by atoms with E-state index >= 15 is 0 Å². The number of nitrogens with zero attached hydrogens (tertiary/aromatic N) is 1. The van der Waals surface area contributed by atoms with Gasteiger partial charge in [-0.15, -0.1) is 0 Å². The summed E-state index contributed by atoms with van der Waals surface area (Å²) in [4.78, 5) is 0.